The molecule has 1 atom stereocenters. The van der Waals surface area contributed by atoms with Gasteiger partial charge < -0.3 is 9.88 Å². The highest BCUT2D eigenvalue weighted by atomic mass is 16.2. The molecule has 0 spiro atoms. The van der Waals surface area contributed by atoms with Crippen LogP contribution in [0.4, 0.5) is 0 Å². The number of carbonyl (C=O) groups excluding carboxylic acids is 1. The molecule has 3 heteroatoms. The number of hydrogen-bond acceptors (Lipinski definition) is 1. The number of benzene rings is 2. The summed E-state index contributed by atoms with van der Waals surface area (Å²) in [4.78, 5) is 18.8. The number of nitrogens with one attached hydrogen (secondary N) is 1. The van der Waals surface area contributed by atoms with E-state index in [0.29, 0.717) is 12.3 Å². The van der Waals surface area contributed by atoms with Gasteiger partial charge in [-0.05, 0) is 36.0 Å². The fraction of sp³-hybridized carbons (Fsp3) is 0.348. The van der Waals surface area contributed by atoms with E-state index in [-0.39, 0.29) is 11.9 Å². The van der Waals surface area contributed by atoms with E-state index >= 15 is 0 Å². The molecule has 3 nitrogen and oxygen atoms in total. The van der Waals surface area contributed by atoms with Crippen LogP contribution in [0.3, 0.4) is 0 Å². The summed E-state index contributed by atoms with van der Waals surface area (Å²) < 4.78 is 0. The predicted octanol–water partition coefficient (Wildman–Crippen LogP) is 4.88. The van der Waals surface area contributed by atoms with Crippen LogP contribution in [0, 0.1) is 5.92 Å². The lowest BCUT2D eigenvalue weighted by Gasteiger charge is -2.37. The average molecular weight is 346 g/mol. The van der Waals surface area contributed by atoms with Gasteiger partial charge in [0.15, 0.2) is 0 Å². The number of hydrogen-bond donors (Lipinski definition) is 1. The molecule has 0 radical (unpaired) electrons. The molecule has 1 aliphatic rings. The fourth-order valence-corrected chi connectivity index (χ4v) is 4.18. The van der Waals surface area contributed by atoms with Crippen LogP contribution in [-0.4, -0.2) is 22.3 Å². The van der Waals surface area contributed by atoms with E-state index in [1.165, 1.54) is 22.2 Å². The Bertz CT molecular complexity index is 910. The summed E-state index contributed by atoms with van der Waals surface area (Å²) in [5.41, 5.74) is 4.91. The molecule has 2 heterocycles. The van der Waals surface area contributed by atoms with Crippen molar-refractivity contribution in [1.29, 1.82) is 0 Å². The number of fused-ring (bicyclic) bond motifs is 3. The molecule has 0 saturated carbocycles. The monoisotopic (exact) mass is 346 g/mol. The minimum Gasteiger partial charge on any atom is -0.356 e. The minimum absolute atomic E-state index is 0.141. The Labute approximate surface area is 155 Å². The number of para-hydroxylation sites is 1. The van der Waals surface area contributed by atoms with Gasteiger partial charge in [0.25, 0.3) is 0 Å². The molecule has 1 N–H and O–H groups in total. The van der Waals surface area contributed by atoms with Gasteiger partial charge in [0, 0.05) is 23.1 Å². The molecule has 2 aromatic carbocycles. The van der Waals surface area contributed by atoms with E-state index in [9.17, 15) is 4.79 Å². The molecule has 1 amide bonds. The Morgan fingerprint density at radius 2 is 1.85 bits per heavy atom. The van der Waals surface area contributed by atoms with Crippen LogP contribution in [0.1, 0.15) is 43.1 Å². The zero-order valence-corrected chi connectivity index (χ0v) is 15.5. The third-order valence-electron chi connectivity index (χ3n) is 5.37. The number of nitrogens with zero attached hydrogens (tertiary/aromatic N) is 1. The van der Waals surface area contributed by atoms with Gasteiger partial charge in [0.05, 0.1) is 12.5 Å². The number of aromatic amines is 1. The van der Waals surface area contributed by atoms with Crippen LogP contribution in [-0.2, 0) is 17.6 Å². The van der Waals surface area contributed by atoms with Crippen LogP contribution in [0.25, 0.3) is 10.9 Å². The highest BCUT2D eigenvalue weighted by molar-refractivity contribution is 5.86. The number of aromatic nitrogens is 1. The molecule has 4 rings (SSSR count). The van der Waals surface area contributed by atoms with Crippen molar-refractivity contribution in [3.05, 3.63) is 71.4 Å². The van der Waals surface area contributed by atoms with Crippen molar-refractivity contribution in [3.8, 4) is 0 Å². The Kier molecular flexibility index (Phi) is 4.54. The third kappa shape index (κ3) is 3.14. The Morgan fingerprint density at radius 3 is 2.62 bits per heavy atom. The van der Waals surface area contributed by atoms with Gasteiger partial charge >= 0.3 is 0 Å². The molecular formula is C23H26N2O. The van der Waals surface area contributed by atoms with Crippen molar-refractivity contribution in [2.75, 3.05) is 6.54 Å². The smallest absolute Gasteiger partial charge is 0.227 e. The molecular weight excluding hydrogens is 320 g/mol. The van der Waals surface area contributed by atoms with Gasteiger partial charge in [-0.15, -0.1) is 0 Å². The number of amides is 1. The van der Waals surface area contributed by atoms with Crippen LogP contribution < -0.4 is 0 Å². The second kappa shape index (κ2) is 6.99. The molecule has 1 aromatic heterocycles. The lowest BCUT2D eigenvalue weighted by molar-refractivity contribution is -0.133. The van der Waals surface area contributed by atoms with Crippen molar-refractivity contribution in [1.82, 2.24) is 9.88 Å². The normalized spacial score (nSPS) is 16.9. The van der Waals surface area contributed by atoms with Gasteiger partial charge in [0.2, 0.25) is 5.91 Å². The van der Waals surface area contributed by atoms with Crippen molar-refractivity contribution in [2.24, 2.45) is 5.92 Å². The Balaban J connectivity index is 1.68. The van der Waals surface area contributed by atoms with Crippen molar-refractivity contribution >= 4 is 16.8 Å². The van der Waals surface area contributed by atoms with Crippen LogP contribution in [0.2, 0.25) is 0 Å². The van der Waals surface area contributed by atoms with Crippen LogP contribution >= 0.6 is 0 Å². The second-order valence-corrected chi connectivity index (χ2v) is 7.71. The van der Waals surface area contributed by atoms with Crippen molar-refractivity contribution in [2.45, 2.75) is 39.2 Å². The fourth-order valence-electron chi connectivity index (χ4n) is 4.18. The molecule has 1 aliphatic heterocycles. The van der Waals surface area contributed by atoms with E-state index in [1.54, 1.807) is 0 Å². The molecule has 0 bridgehead atoms. The molecule has 134 valence electrons. The Hall–Kier alpha value is -2.55. The minimum atomic E-state index is 0.141. The van der Waals surface area contributed by atoms with E-state index in [2.05, 4.69) is 48.0 Å². The highest BCUT2D eigenvalue weighted by Crippen LogP contribution is 2.38. The SMILES string of the molecule is CC(C)CC1c2[nH]c3ccccc3c2CCN1C(=O)Cc1ccccc1. The molecule has 26 heavy (non-hydrogen) atoms. The maximum Gasteiger partial charge on any atom is 0.227 e. The van der Waals surface area contributed by atoms with Gasteiger partial charge in [-0.25, -0.2) is 0 Å². The molecule has 0 fully saturated rings. The topological polar surface area (TPSA) is 36.1 Å². The molecule has 1 unspecified atom stereocenters. The molecule has 3 aromatic rings. The van der Waals surface area contributed by atoms with Crippen molar-refractivity contribution in [3.63, 3.8) is 0 Å². The lowest BCUT2D eigenvalue weighted by Crippen LogP contribution is -2.41. The third-order valence-corrected chi connectivity index (χ3v) is 5.37. The van der Waals surface area contributed by atoms with E-state index in [4.69, 9.17) is 0 Å². The summed E-state index contributed by atoms with van der Waals surface area (Å²) in [6, 6.07) is 18.7. The first-order valence-corrected chi connectivity index (χ1v) is 9.56. The highest BCUT2D eigenvalue weighted by Gasteiger charge is 2.33. The standard InChI is InChI=1S/C23H26N2O/c1-16(2)14-21-23-19(18-10-6-7-11-20(18)24-23)12-13-25(21)22(26)15-17-8-4-3-5-9-17/h3-11,16,21,24H,12-15H2,1-2H3. The lowest BCUT2D eigenvalue weighted by atomic mass is 9.91. The summed E-state index contributed by atoms with van der Waals surface area (Å²) in [6.07, 6.45) is 2.39. The van der Waals surface area contributed by atoms with E-state index < -0.39 is 0 Å². The maximum atomic E-state index is 13.1. The first-order chi connectivity index (χ1) is 12.6. The van der Waals surface area contributed by atoms with Gasteiger partial charge in [-0.3, -0.25) is 4.79 Å². The average Bonchev–Trinajstić information content (AvgIpc) is 3.01. The maximum absolute atomic E-state index is 13.1. The summed E-state index contributed by atoms with van der Waals surface area (Å²) >= 11 is 0. The zero-order chi connectivity index (χ0) is 18.1. The second-order valence-electron chi connectivity index (χ2n) is 7.71. The first kappa shape index (κ1) is 16.9. The quantitative estimate of drug-likeness (QED) is 0.718. The zero-order valence-electron chi connectivity index (χ0n) is 15.5. The predicted molar refractivity (Wildman–Crippen MR) is 106 cm³/mol. The summed E-state index contributed by atoms with van der Waals surface area (Å²) in [5, 5.41) is 1.31. The number of rotatable bonds is 4. The Morgan fingerprint density at radius 1 is 1.12 bits per heavy atom. The van der Waals surface area contributed by atoms with Gasteiger partial charge in [-0.1, -0.05) is 62.4 Å². The first-order valence-electron chi connectivity index (χ1n) is 9.56. The van der Waals surface area contributed by atoms with E-state index in [1.807, 2.05) is 30.3 Å². The van der Waals surface area contributed by atoms with Gasteiger partial charge in [-0.2, -0.15) is 0 Å². The van der Waals surface area contributed by atoms with Crippen LogP contribution in [0.15, 0.2) is 54.6 Å². The number of carbonyl (C=O) groups is 1. The largest absolute Gasteiger partial charge is 0.356 e. The number of H-pyrrole nitrogens is 1. The van der Waals surface area contributed by atoms with Gasteiger partial charge in [0.1, 0.15) is 0 Å². The molecule has 0 aliphatic carbocycles. The summed E-state index contributed by atoms with van der Waals surface area (Å²) in [5.74, 6) is 0.760. The summed E-state index contributed by atoms with van der Waals surface area (Å²) in [6.45, 7) is 5.27. The van der Waals surface area contributed by atoms with Crippen molar-refractivity contribution < 1.29 is 4.79 Å². The van der Waals surface area contributed by atoms with E-state index in [0.717, 1.165) is 24.9 Å². The summed E-state index contributed by atoms with van der Waals surface area (Å²) in [7, 11) is 0. The van der Waals surface area contributed by atoms with Crippen LogP contribution in [0.5, 0.6) is 0 Å². The molecule has 0 saturated heterocycles.